The molecule has 0 radical (unpaired) electrons. The van der Waals surface area contributed by atoms with E-state index in [1.54, 1.807) is 30.0 Å². The summed E-state index contributed by atoms with van der Waals surface area (Å²) >= 11 is 2.87. The summed E-state index contributed by atoms with van der Waals surface area (Å²) in [6.45, 7) is 0.448. The van der Waals surface area contributed by atoms with Crippen molar-refractivity contribution in [3.05, 3.63) is 23.8 Å². The van der Waals surface area contributed by atoms with Crippen molar-refractivity contribution in [1.82, 2.24) is 9.88 Å². The van der Waals surface area contributed by atoms with Crippen LogP contribution in [0.1, 0.15) is 10.4 Å². The Morgan fingerprint density at radius 2 is 2.24 bits per heavy atom. The molecule has 0 aliphatic carbocycles. The number of amides is 1. The van der Waals surface area contributed by atoms with Gasteiger partial charge in [0.15, 0.2) is 5.13 Å². The molecule has 8 heteroatoms. The van der Waals surface area contributed by atoms with Gasteiger partial charge in [-0.2, -0.15) is 11.8 Å². The average Bonchev–Trinajstić information content (AvgIpc) is 2.85. The molecule has 6 nitrogen and oxygen atoms in total. The van der Waals surface area contributed by atoms with E-state index in [-0.39, 0.29) is 5.91 Å². The highest BCUT2D eigenvalue weighted by Gasteiger charge is 2.32. The van der Waals surface area contributed by atoms with Gasteiger partial charge in [0.05, 0.1) is 10.2 Å². The van der Waals surface area contributed by atoms with E-state index < -0.39 is 12.0 Å². The molecule has 1 aliphatic rings. The Hall–Kier alpha value is -1.80. The molecule has 1 saturated heterocycles. The zero-order valence-electron chi connectivity index (χ0n) is 11.0. The molecule has 21 heavy (non-hydrogen) atoms. The van der Waals surface area contributed by atoms with Crippen LogP contribution in [0, 0.1) is 0 Å². The van der Waals surface area contributed by atoms with Gasteiger partial charge in [-0.1, -0.05) is 11.3 Å². The van der Waals surface area contributed by atoms with Crippen molar-refractivity contribution in [2.24, 2.45) is 0 Å². The molecule has 1 fully saturated rings. The van der Waals surface area contributed by atoms with E-state index in [4.69, 9.17) is 5.73 Å². The second kappa shape index (κ2) is 5.53. The molecule has 1 aromatic carbocycles. The van der Waals surface area contributed by atoms with E-state index in [0.29, 0.717) is 23.0 Å². The van der Waals surface area contributed by atoms with Crippen LogP contribution in [0.5, 0.6) is 0 Å². The summed E-state index contributed by atoms with van der Waals surface area (Å²) in [5.41, 5.74) is 6.88. The number of hydrogen-bond donors (Lipinski definition) is 2. The Morgan fingerprint density at radius 3 is 3.00 bits per heavy atom. The number of carbonyl (C=O) groups is 2. The molecule has 1 amide bonds. The van der Waals surface area contributed by atoms with Crippen LogP contribution >= 0.6 is 23.1 Å². The molecule has 0 spiro atoms. The van der Waals surface area contributed by atoms with Crippen LogP contribution in [0.2, 0.25) is 0 Å². The number of nitrogen functional groups attached to an aromatic ring is 1. The molecule has 1 aromatic heterocycles. The number of carbonyl (C=O) groups excluding carboxylic acids is 1. The van der Waals surface area contributed by atoms with E-state index in [9.17, 15) is 14.7 Å². The van der Waals surface area contributed by atoms with Gasteiger partial charge in [-0.15, -0.1) is 0 Å². The van der Waals surface area contributed by atoms with Gasteiger partial charge in [-0.05, 0) is 18.2 Å². The predicted octanol–water partition coefficient (Wildman–Crippen LogP) is 1.52. The fourth-order valence-corrected chi connectivity index (χ4v) is 4.10. The highest BCUT2D eigenvalue weighted by Crippen LogP contribution is 2.26. The smallest absolute Gasteiger partial charge is 0.327 e. The van der Waals surface area contributed by atoms with Crippen molar-refractivity contribution < 1.29 is 14.7 Å². The Balaban J connectivity index is 1.92. The third-order valence-electron chi connectivity index (χ3n) is 3.33. The molecule has 1 unspecified atom stereocenters. The standard InChI is InChI=1S/C13H13N3O3S2/c14-13-15-8-2-1-7(5-10(8)21-13)11(17)16-3-4-20-6-9(16)12(18)19/h1-2,5,9H,3-4,6H2,(H2,14,15)(H,18,19). The van der Waals surface area contributed by atoms with E-state index >= 15 is 0 Å². The number of carboxylic acid groups (broad SMARTS) is 1. The first kappa shape index (κ1) is 14.2. The summed E-state index contributed by atoms with van der Waals surface area (Å²) in [5, 5.41) is 9.70. The molecular weight excluding hydrogens is 310 g/mol. The molecule has 0 saturated carbocycles. The van der Waals surface area contributed by atoms with Crippen LogP contribution in [-0.4, -0.2) is 51.0 Å². The minimum Gasteiger partial charge on any atom is -0.480 e. The van der Waals surface area contributed by atoms with E-state index in [1.165, 1.54) is 16.2 Å². The number of nitrogens with zero attached hydrogens (tertiary/aromatic N) is 2. The molecule has 110 valence electrons. The first-order valence-electron chi connectivity index (χ1n) is 6.34. The Kier molecular flexibility index (Phi) is 3.73. The minimum absolute atomic E-state index is 0.253. The number of hydrogen-bond acceptors (Lipinski definition) is 6. The maximum Gasteiger partial charge on any atom is 0.327 e. The van der Waals surface area contributed by atoms with Crippen LogP contribution < -0.4 is 5.73 Å². The summed E-state index contributed by atoms with van der Waals surface area (Å²) < 4.78 is 0.830. The molecule has 2 heterocycles. The number of carboxylic acids is 1. The van der Waals surface area contributed by atoms with E-state index in [0.717, 1.165) is 16.0 Å². The number of thioether (sulfide) groups is 1. The molecule has 0 bridgehead atoms. The predicted molar refractivity (Wildman–Crippen MR) is 83.8 cm³/mol. The number of fused-ring (bicyclic) bond motifs is 1. The van der Waals surface area contributed by atoms with Gasteiger partial charge in [0, 0.05) is 23.6 Å². The van der Waals surface area contributed by atoms with Gasteiger partial charge in [-0.25, -0.2) is 9.78 Å². The van der Waals surface area contributed by atoms with Crippen LogP contribution in [-0.2, 0) is 4.79 Å². The lowest BCUT2D eigenvalue weighted by molar-refractivity contribution is -0.141. The number of benzene rings is 1. The van der Waals surface area contributed by atoms with Crippen molar-refractivity contribution in [3.8, 4) is 0 Å². The fourth-order valence-electron chi connectivity index (χ4n) is 2.29. The number of aromatic nitrogens is 1. The van der Waals surface area contributed by atoms with Crippen LogP contribution in [0.25, 0.3) is 10.2 Å². The van der Waals surface area contributed by atoms with Gasteiger partial charge in [0.2, 0.25) is 0 Å². The maximum absolute atomic E-state index is 12.6. The third kappa shape index (κ3) is 2.68. The molecule has 1 atom stereocenters. The number of thiazole rings is 1. The second-order valence-electron chi connectivity index (χ2n) is 4.66. The normalized spacial score (nSPS) is 18.9. The summed E-state index contributed by atoms with van der Waals surface area (Å²) in [5.74, 6) is -0.0301. The number of aliphatic carboxylic acids is 1. The fraction of sp³-hybridized carbons (Fsp3) is 0.308. The lowest BCUT2D eigenvalue weighted by Crippen LogP contribution is -2.50. The molecule has 1 aliphatic heterocycles. The first-order chi connectivity index (χ1) is 10.1. The maximum atomic E-state index is 12.6. The third-order valence-corrected chi connectivity index (χ3v) is 5.20. The van der Waals surface area contributed by atoms with Gasteiger partial charge in [0.1, 0.15) is 6.04 Å². The topological polar surface area (TPSA) is 96.5 Å². The largest absolute Gasteiger partial charge is 0.480 e. The summed E-state index contributed by atoms with van der Waals surface area (Å²) in [6.07, 6.45) is 0. The first-order valence-corrected chi connectivity index (χ1v) is 8.31. The summed E-state index contributed by atoms with van der Waals surface area (Å²) in [7, 11) is 0. The SMILES string of the molecule is Nc1nc2ccc(C(=O)N3CCSCC3C(=O)O)cc2s1. The Morgan fingerprint density at radius 1 is 1.43 bits per heavy atom. The number of nitrogens with two attached hydrogens (primary N) is 1. The lowest BCUT2D eigenvalue weighted by Gasteiger charge is -2.32. The van der Waals surface area contributed by atoms with Crippen molar-refractivity contribution >= 4 is 50.3 Å². The summed E-state index contributed by atoms with van der Waals surface area (Å²) in [6, 6.07) is 4.37. The highest BCUT2D eigenvalue weighted by atomic mass is 32.2. The van der Waals surface area contributed by atoms with Gasteiger partial charge in [-0.3, -0.25) is 4.79 Å². The monoisotopic (exact) mass is 323 g/mol. The molecule has 3 N–H and O–H groups in total. The number of anilines is 1. The second-order valence-corrected chi connectivity index (χ2v) is 6.87. The molecule has 3 rings (SSSR count). The van der Waals surface area contributed by atoms with Crippen molar-refractivity contribution in [2.75, 3.05) is 23.8 Å². The minimum atomic E-state index is -0.960. The van der Waals surface area contributed by atoms with E-state index in [2.05, 4.69) is 4.98 Å². The van der Waals surface area contributed by atoms with Gasteiger partial charge >= 0.3 is 5.97 Å². The van der Waals surface area contributed by atoms with Crippen molar-refractivity contribution in [1.29, 1.82) is 0 Å². The Bertz CT molecular complexity index is 716. The zero-order valence-corrected chi connectivity index (χ0v) is 12.6. The van der Waals surface area contributed by atoms with Crippen LogP contribution in [0.3, 0.4) is 0 Å². The van der Waals surface area contributed by atoms with Crippen molar-refractivity contribution in [3.63, 3.8) is 0 Å². The van der Waals surface area contributed by atoms with Crippen LogP contribution in [0.15, 0.2) is 18.2 Å². The zero-order chi connectivity index (χ0) is 15.0. The van der Waals surface area contributed by atoms with Gasteiger partial charge in [0.25, 0.3) is 5.91 Å². The number of rotatable bonds is 2. The van der Waals surface area contributed by atoms with E-state index in [1.807, 2.05) is 0 Å². The quantitative estimate of drug-likeness (QED) is 0.870. The van der Waals surface area contributed by atoms with Crippen molar-refractivity contribution in [2.45, 2.75) is 6.04 Å². The lowest BCUT2D eigenvalue weighted by atomic mass is 10.1. The average molecular weight is 323 g/mol. The van der Waals surface area contributed by atoms with Gasteiger partial charge < -0.3 is 15.7 Å². The molecule has 2 aromatic rings. The van der Waals surface area contributed by atoms with Crippen LogP contribution in [0.4, 0.5) is 5.13 Å². The Labute approximate surface area is 128 Å². The highest BCUT2D eigenvalue weighted by molar-refractivity contribution is 7.99. The molecular formula is C13H13N3O3S2. The summed E-state index contributed by atoms with van der Waals surface area (Å²) in [4.78, 5) is 29.4.